The number of H-pyrrole nitrogens is 1. The number of halogens is 1. The summed E-state index contributed by atoms with van der Waals surface area (Å²) in [5, 5.41) is 3.18. The quantitative estimate of drug-likeness (QED) is 0.434. The summed E-state index contributed by atoms with van der Waals surface area (Å²) in [6.45, 7) is 2.47. The monoisotopic (exact) mass is 413 g/mol. The van der Waals surface area contributed by atoms with Gasteiger partial charge >= 0.3 is 0 Å². The third-order valence-electron chi connectivity index (χ3n) is 3.85. The summed E-state index contributed by atoms with van der Waals surface area (Å²) in [6.07, 6.45) is -0.0265. The van der Waals surface area contributed by atoms with Gasteiger partial charge in [-0.3, -0.25) is 9.59 Å². The smallest absolute Gasteiger partial charge is 0.251 e. The van der Waals surface area contributed by atoms with Crippen molar-refractivity contribution in [3.63, 3.8) is 0 Å². The molecule has 3 rings (SSSR count). The van der Waals surface area contributed by atoms with Gasteiger partial charge < -0.3 is 15.0 Å². The summed E-state index contributed by atoms with van der Waals surface area (Å²) < 4.78 is 18.3. The Kier molecular flexibility index (Phi) is 7.02. The lowest BCUT2D eigenvalue weighted by molar-refractivity contribution is -0.115. The summed E-state index contributed by atoms with van der Waals surface area (Å²) in [4.78, 5) is 31.2. The van der Waals surface area contributed by atoms with E-state index >= 15 is 0 Å². The second-order valence-electron chi connectivity index (χ2n) is 6.14. The zero-order valence-corrected chi connectivity index (χ0v) is 16.6. The van der Waals surface area contributed by atoms with Crippen LogP contribution in [0.2, 0.25) is 0 Å². The number of hydrogen-bond donors (Lipinski definition) is 2. The average molecular weight is 413 g/mol. The molecule has 0 aliphatic heterocycles. The van der Waals surface area contributed by atoms with Gasteiger partial charge in [-0.1, -0.05) is 23.9 Å². The van der Waals surface area contributed by atoms with Crippen molar-refractivity contribution in [3.8, 4) is 5.75 Å². The molecule has 1 aromatic heterocycles. The molecule has 150 valence electrons. The minimum absolute atomic E-state index is 0.0265. The Balaban J connectivity index is 1.60. The number of carbonyl (C=O) groups excluding carboxylic acids is 1. The largest absolute Gasteiger partial charge is 0.494 e. The van der Waals surface area contributed by atoms with Gasteiger partial charge in [-0.05, 0) is 48.9 Å². The van der Waals surface area contributed by atoms with Crippen LogP contribution in [-0.4, -0.2) is 22.5 Å². The number of thioether (sulfide) groups is 1. The molecule has 0 radical (unpaired) electrons. The Morgan fingerprint density at radius 1 is 1.17 bits per heavy atom. The number of nitrogens with one attached hydrogen (secondary N) is 2. The standard InChI is InChI=1S/C21H20FN3O3S/c1-2-28-18-9-7-16(8-10-18)23-19(26)11-17-12-20(27)25-21(24-17)29-13-14-3-5-15(22)6-4-14/h3-10,12H,2,11,13H2,1H3,(H,23,26)(H,24,25,27). The van der Waals surface area contributed by atoms with Crippen LogP contribution in [0.1, 0.15) is 18.2 Å². The molecule has 0 spiro atoms. The van der Waals surface area contributed by atoms with Crippen LogP contribution in [0.4, 0.5) is 10.1 Å². The Morgan fingerprint density at radius 2 is 1.90 bits per heavy atom. The van der Waals surface area contributed by atoms with Gasteiger partial charge in [-0.15, -0.1) is 0 Å². The predicted molar refractivity (Wildman–Crippen MR) is 111 cm³/mol. The first-order valence-corrected chi connectivity index (χ1v) is 10.0. The molecule has 0 bridgehead atoms. The van der Waals surface area contributed by atoms with E-state index in [0.717, 1.165) is 11.3 Å². The molecular formula is C21H20FN3O3S. The van der Waals surface area contributed by atoms with E-state index in [2.05, 4.69) is 15.3 Å². The van der Waals surface area contributed by atoms with Crippen molar-refractivity contribution in [1.29, 1.82) is 0 Å². The van der Waals surface area contributed by atoms with E-state index in [-0.39, 0.29) is 23.7 Å². The second kappa shape index (κ2) is 9.88. The van der Waals surface area contributed by atoms with E-state index in [1.54, 1.807) is 36.4 Å². The number of rotatable bonds is 8. The fourth-order valence-electron chi connectivity index (χ4n) is 2.55. The van der Waals surface area contributed by atoms with Crippen LogP contribution in [0.15, 0.2) is 64.5 Å². The summed E-state index contributed by atoms with van der Waals surface area (Å²) in [5.74, 6) is 0.669. The van der Waals surface area contributed by atoms with Crippen LogP contribution in [0, 0.1) is 5.82 Å². The van der Waals surface area contributed by atoms with Crippen molar-refractivity contribution in [2.45, 2.75) is 24.3 Å². The third-order valence-corrected chi connectivity index (χ3v) is 4.80. The van der Waals surface area contributed by atoms with E-state index in [9.17, 15) is 14.0 Å². The molecule has 0 fully saturated rings. The molecule has 29 heavy (non-hydrogen) atoms. The van der Waals surface area contributed by atoms with Crippen molar-refractivity contribution in [3.05, 3.63) is 82.0 Å². The zero-order chi connectivity index (χ0) is 20.6. The van der Waals surface area contributed by atoms with Crippen LogP contribution in [0.25, 0.3) is 0 Å². The topological polar surface area (TPSA) is 84.1 Å². The first kappa shape index (κ1) is 20.6. The normalized spacial score (nSPS) is 10.6. The molecule has 2 aromatic carbocycles. The molecule has 0 aliphatic rings. The van der Waals surface area contributed by atoms with Crippen LogP contribution in [0.5, 0.6) is 5.75 Å². The van der Waals surface area contributed by atoms with Gasteiger partial charge in [0.05, 0.1) is 18.7 Å². The van der Waals surface area contributed by atoms with Crippen LogP contribution in [0.3, 0.4) is 0 Å². The van der Waals surface area contributed by atoms with Gasteiger partial charge in [0.15, 0.2) is 5.16 Å². The summed E-state index contributed by atoms with van der Waals surface area (Å²) >= 11 is 1.31. The molecule has 6 nitrogen and oxygen atoms in total. The number of anilines is 1. The van der Waals surface area contributed by atoms with Crippen molar-refractivity contribution in [2.24, 2.45) is 0 Å². The summed E-state index contributed by atoms with van der Waals surface area (Å²) in [7, 11) is 0. The van der Waals surface area contributed by atoms with E-state index < -0.39 is 0 Å². The number of ether oxygens (including phenoxy) is 1. The van der Waals surface area contributed by atoms with Gasteiger partial charge in [0.1, 0.15) is 11.6 Å². The van der Waals surface area contributed by atoms with Crippen molar-refractivity contribution >= 4 is 23.4 Å². The highest BCUT2D eigenvalue weighted by Gasteiger charge is 2.09. The van der Waals surface area contributed by atoms with Crippen LogP contribution < -0.4 is 15.6 Å². The molecule has 0 aliphatic carbocycles. The molecule has 1 heterocycles. The van der Waals surface area contributed by atoms with E-state index in [1.165, 1.54) is 30.0 Å². The lowest BCUT2D eigenvalue weighted by Gasteiger charge is -2.08. The predicted octanol–water partition coefficient (Wildman–Crippen LogP) is 3.78. The minimum atomic E-state index is -0.328. The maximum absolute atomic E-state index is 13.0. The molecule has 1 amide bonds. The molecule has 2 N–H and O–H groups in total. The van der Waals surface area contributed by atoms with E-state index in [0.29, 0.717) is 28.9 Å². The summed E-state index contributed by atoms with van der Waals surface area (Å²) in [6, 6.07) is 14.5. The van der Waals surface area contributed by atoms with Crippen molar-refractivity contribution in [1.82, 2.24) is 9.97 Å². The molecule has 8 heteroatoms. The third kappa shape index (κ3) is 6.46. The number of benzene rings is 2. The maximum atomic E-state index is 13.0. The Morgan fingerprint density at radius 3 is 2.59 bits per heavy atom. The van der Waals surface area contributed by atoms with Gasteiger partial charge in [0.25, 0.3) is 5.56 Å². The fourth-order valence-corrected chi connectivity index (χ4v) is 3.40. The molecule has 0 unspecified atom stereocenters. The van der Waals surface area contributed by atoms with Crippen molar-refractivity contribution < 1.29 is 13.9 Å². The second-order valence-corrected chi connectivity index (χ2v) is 7.10. The average Bonchev–Trinajstić information content (AvgIpc) is 2.69. The zero-order valence-electron chi connectivity index (χ0n) is 15.8. The Labute approximate surface area is 171 Å². The van der Waals surface area contributed by atoms with Gasteiger partial charge in [0, 0.05) is 17.5 Å². The summed E-state index contributed by atoms with van der Waals surface area (Å²) in [5.41, 5.74) is 1.58. The number of aromatic nitrogens is 2. The highest BCUT2D eigenvalue weighted by atomic mass is 32.2. The van der Waals surface area contributed by atoms with E-state index in [4.69, 9.17) is 4.74 Å². The van der Waals surface area contributed by atoms with Gasteiger partial charge in [0.2, 0.25) is 5.91 Å². The number of aromatic amines is 1. The first-order valence-electron chi connectivity index (χ1n) is 9.02. The molecule has 3 aromatic rings. The van der Waals surface area contributed by atoms with Crippen LogP contribution >= 0.6 is 11.8 Å². The molecule has 0 atom stereocenters. The lowest BCUT2D eigenvalue weighted by atomic mass is 10.2. The molecule has 0 saturated heterocycles. The van der Waals surface area contributed by atoms with Crippen molar-refractivity contribution in [2.75, 3.05) is 11.9 Å². The van der Waals surface area contributed by atoms with Crippen LogP contribution in [-0.2, 0) is 17.0 Å². The highest BCUT2D eigenvalue weighted by Crippen LogP contribution is 2.19. The first-order chi connectivity index (χ1) is 14.0. The highest BCUT2D eigenvalue weighted by molar-refractivity contribution is 7.98. The molecular weight excluding hydrogens is 393 g/mol. The molecule has 0 saturated carbocycles. The maximum Gasteiger partial charge on any atom is 0.251 e. The minimum Gasteiger partial charge on any atom is -0.494 e. The van der Waals surface area contributed by atoms with Gasteiger partial charge in [-0.2, -0.15) is 0 Å². The lowest BCUT2D eigenvalue weighted by Crippen LogP contribution is -2.18. The fraction of sp³-hybridized carbons (Fsp3) is 0.190. The number of hydrogen-bond acceptors (Lipinski definition) is 5. The SMILES string of the molecule is CCOc1ccc(NC(=O)Cc2cc(=O)[nH]c(SCc3ccc(F)cc3)n2)cc1. The Bertz CT molecular complexity index is 1020. The number of amides is 1. The number of nitrogens with zero attached hydrogens (tertiary/aromatic N) is 1. The van der Waals surface area contributed by atoms with Gasteiger partial charge in [-0.25, -0.2) is 9.37 Å². The van der Waals surface area contributed by atoms with E-state index in [1.807, 2.05) is 6.92 Å². The Hall–Kier alpha value is -3.13. The number of carbonyl (C=O) groups is 1.